The molecular formula is C23H23FN5O2S+. The molecule has 2 aliphatic rings. The second-order valence-corrected chi connectivity index (χ2v) is 9.04. The van der Waals surface area contributed by atoms with Gasteiger partial charge >= 0.3 is 22.8 Å². The number of H-pyrrole nitrogens is 1. The summed E-state index contributed by atoms with van der Waals surface area (Å²) in [7, 11) is 0. The van der Waals surface area contributed by atoms with Gasteiger partial charge in [0, 0.05) is 10.9 Å². The third kappa shape index (κ3) is 3.19. The topological polar surface area (TPSA) is 90.8 Å². The van der Waals surface area contributed by atoms with Crippen molar-refractivity contribution in [1.82, 2.24) is 10.1 Å². The van der Waals surface area contributed by atoms with Crippen LogP contribution in [0.1, 0.15) is 38.2 Å². The Balaban J connectivity index is 1.68. The number of carbonyl (C=O) groups excluding carboxylic acids is 1. The van der Waals surface area contributed by atoms with E-state index in [0.717, 1.165) is 31.4 Å². The van der Waals surface area contributed by atoms with Crippen LogP contribution in [0.5, 0.6) is 0 Å². The number of halogens is 1. The Labute approximate surface area is 188 Å². The Bertz CT molecular complexity index is 1280. The minimum atomic E-state index is -1.56. The predicted octanol–water partition coefficient (Wildman–Crippen LogP) is 3.61. The lowest BCUT2D eigenvalue weighted by Gasteiger charge is -2.28. The molecule has 0 saturated heterocycles. The number of aromatic nitrogens is 3. The minimum Gasteiger partial charge on any atom is -0.317 e. The lowest BCUT2D eigenvalue weighted by atomic mass is 9.95. The van der Waals surface area contributed by atoms with Crippen LogP contribution in [0, 0.1) is 5.82 Å². The molecule has 1 aromatic heterocycles. The second-order valence-electron chi connectivity index (χ2n) is 7.95. The van der Waals surface area contributed by atoms with Crippen LogP contribution in [0.2, 0.25) is 0 Å². The maximum absolute atomic E-state index is 14.3. The van der Waals surface area contributed by atoms with Crippen molar-refractivity contribution in [1.29, 1.82) is 0 Å². The first-order valence-electron chi connectivity index (χ1n) is 10.7. The summed E-state index contributed by atoms with van der Waals surface area (Å²) in [6.07, 6.45) is 4.42. The summed E-state index contributed by atoms with van der Waals surface area (Å²) in [4.78, 5) is 29.5. The molecule has 5 rings (SSSR count). The molecule has 0 aliphatic carbocycles. The Morgan fingerprint density at radius 2 is 1.94 bits per heavy atom. The van der Waals surface area contributed by atoms with Gasteiger partial charge in [0.15, 0.2) is 0 Å². The first kappa shape index (κ1) is 20.7. The number of unbranched alkanes of at least 4 members (excludes halogenated alkanes) is 3. The number of hydrogen-bond donors (Lipinski definition) is 3. The molecule has 32 heavy (non-hydrogen) atoms. The molecule has 3 N–H and O–H groups in total. The predicted molar refractivity (Wildman–Crippen MR) is 121 cm³/mol. The van der Waals surface area contributed by atoms with Crippen LogP contribution in [0.25, 0.3) is 11.3 Å². The molecule has 1 spiro atoms. The summed E-state index contributed by atoms with van der Waals surface area (Å²) < 4.78 is 15.7. The van der Waals surface area contributed by atoms with Crippen molar-refractivity contribution >= 4 is 29.0 Å². The molecule has 0 bridgehead atoms. The number of amides is 1. The van der Waals surface area contributed by atoms with E-state index in [0.29, 0.717) is 27.7 Å². The van der Waals surface area contributed by atoms with Gasteiger partial charge in [-0.2, -0.15) is 0 Å². The molecule has 0 saturated carbocycles. The number of thioether (sulfide) groups is 1. The van der Waals surface area contributed by atoms with Crippen molar-refractivity contribution in [3.63, 3.8) is 0 Å². The normalized spacial score (nSPS) is 18.0. The number of rotatable bonds is 6. The lowest BCUT2D eigenvalue weighted by molar-refractivity contribution is -0.781. The van der Waals surface area contributed by atoms with Crippen LogP contribution in [-0.2, 0) is 10.5 Å². The average molecular weight is 453 g/mol. The maximum Gasteiger partial charge on any atom is 0.374 e. The molecular weight excluding hydrogens is 429 g/mol. The van der Waals surface area contributed by atoms with Gasteiger partial charge in [0.25, 0.3) is 0 Å². The first-order chi connectivity index (χ1) is 15.5. The van der Waals surface area contributed by atoms with Crippen LogP contribution in [0.3, 0.4) is 0 Å². The summed E-state index contributed by atoms with van der Waals surface area (Å²) in [5.74, 6) is -0.0925. The minimum absolute atomic E-state index is 0.252. The third-order valence-electron chi connectivity index (χ3n) is 5.84. The standard InChI is InChI=1S/C23H22FN5O2S/c1-2-3-4-7-12-32-22-26-20(30)19-15-8-5-6-9-17(15)27-23(29(19)28-22)16-13-14(24)10-11-18(16)25-21(23)31/h5-6,8-11,13H,2-4,7,12H2,1H3,(H2,25,26,28,30,31)/p+1/t23-/m1/s1. The van der Waals surface area contributed by atoms with Crippen molar-refractivity contribution < 1.29 is 13.9 Å². The second kappa shape index (κ2) is 8.05. The molecule has 0 fully saturated rings. The highest BCUT2D eigenvalue weighted by Gasteiger charge is 2.62. The molecule has 1 atom stereocenters. The Hall–Kier alpha value is -3.20. The monoisotopic (exact) mass is 452 g/mol. The van der Waals surface area contributed by atoms with Crippen LogP contribution >= 0.6 is 11.8 Å². The molecule has 2 aliphatic heterocycles. The number of para-hydroxylation sites is 1. The van der Waals surface area contributed by atoms with Gasteiger partial charge in [-0.15, -0.1) is 0 Å². The van der Waals surface area contributed by atoms with Crippen LogP contribution < -0.4 is 20.9 Å². The van der Waals surface area contributed by atoms with E-state index in [1.165, 1.54) is 34.6 Å². The average Bonchev–Trinajstić information content (AvgIpc) is 3.05. The van der Waals surface area contributed by atoms with E-state index in [2.05, 4.69) is 27.6 Å². The maximum atomic E-state index is 14.3. The number of carbonyl (C=O) groups is 1. The fourth-order valence-corrected chi connectivity index (χ4v) is 5.15. The van der Waals surface area contributed by atoms with Crippen molar-refractivity contribution in [3.05, 3.63) is 64.2 Å². The molecule has 0 unspecified atom stereocenters. The zero-order chi connectivity index (χ0) is 22.3. The molecule has 2 aromatic carbocycles. The molecule has 9 heteroatoms. The highest BCUT2D eigenvalue weighted by atomic mass is 32.2. The largest absolute Gasteiger partial charge is 0.374 e. The van der Waals surface area contributed by atoms with E-state index in [-0.39, 0.29) is 11.3 Å². The Morgan fingerprint density at radius 1 is 1.09 bits per heavy atom. The summed E-state index contributed by atoms with van der Waals surface area (Å²) in [6.45, 7) is 2.16. The number of nitrogens with zero attached hydrogens (tertiary/aromatic N) is 2. The van der Waals surface area contributed by atoms with Crippen LogP contribution in [-0.4, -0.2) is 21.7 Å². The van der Waals surface area contributed by atoms with Gasteiger partial charge in [-0.05, 0) is 41.4 Å². The van der Waals surface area contributed by atoms with Gasteiger partial charge in [0.05, 0.1) is 22.5 Å². The number of benzene rings is 2. The van der Waals surface area contributed by atoms with E-state index in [4.69, 9.17) is 0 Å². The number of aromatic amines is 1. The highest BCUT2D eigenvalue weighted by Crippen LogP contribution is 2.41. The summed E-state index contributed by atoms with van der Waals surface area (Å²) >= 11 is 1.45. The molecule has 3 aromatic rings. The van der Waals surface area contributed by atoms with E-state index < -0.39 is 17.4 Å². The molecule has 3 heterocycles. The van der Waals surface area contributed by atoms with E-state index >= 15 is 0 Å². The van der Waals surface area contributed by atoms with Crippen LogP contribution in [0.4, 0.5) is 15.8 Å². The van der Waals surface area contributed by atoms with Gasteiger partial charge in [-0.1, -0.05) is 50.1 Å². The van der Waals surface area contributed by atoms with Gasteiger partial charge in [0.1, 0.15) is 5.82 Å². The Kier molecular flexibility index (Phi) is 5.21. The fraction of sp³-hybridized carbons (Fsp3) is 0.304. The number of hydrogen-bond acceptors (Lipinski definition) is 5. The molecule has 7 nitrogen and oxygen atoms in total. The van der Waals surface area contributed by atoms with Crippen molar-refractivity contribution in [2.24, 2.45) is 0 Å². The van der Waals surface area contributed by atoms with Crippen molar-refractivity contribution in [3.8, 4) is 11.3 Å². The highest BCUT2D eigenvalue weighted by molar-refractivity contribution is 7.99. The number of nitrogens with one attached hydrogen (secondary N) is 3. The van der Waals surface area contributed by atoms with Gasteiger partial charge in [0.2, 0.25) is 5.16 Å². The zero-order valence-corrected chi connectivity index (χ0v) is 18.4. The number of fused-ring (bicyclic) bond motifs is 6. The zero-order valence-electron chi connectivity index (χ0n) is 17.6. The summed E-state index contributed by atoms with van der Waals surface area (Å²) in [5, 5.41) is 11.2. The van der Waals surface area contributed by atoms with Gasteiger partial charge in [-0.25, -0.2) is 4.39 Å². The smallest absolute Gasteiger partial charge is 0.317 e. The lowest BCUT2D eigenvalue weighted by Crippen LogP contribution is -2.71. The SMILES string of the molecule is CCCCCCSc1n[n+]2c(c(=O)[nH]1)-c1ccccc1N[C@@]21C(=O)Nc2ccc(F)cc21. The molecule has 0 radical (unpaired) electrons. The van der Waals surface area contributed by atoms with Gasteiger partial charge < -0.3 is 10.6 Å². The quantitative estimate of drug-likeness (QED) is 0.302. The first-order valence-corrected chi connectivity index (χ1v) is 11.7. The van der Waals surface area contributed by atoms with Crippen molar-refractivity contribution in [2.75, 3.05) is 16.4 Å². The van der Waals surface area contributed by atoms with E-state index in [1.807, 2.05) is 12.1 Å². The molecule has 164 valence electrons. The fourth-order valence-electron chi connectivity index (χ4n) is 4.30. The van der Waals surface area contributed by atoms with E-state index in [1.54, 1.807) is 12.1 Å². The summed E-state index contributed by atoms with van der Waals surface area (Å²) in [6, 6.07) is 11.4. The number of anilines is 2. The Morgan fingerprint density at radius 3 is 2.78 bits per heavy atom. The third-order valence-corrected chi connectivity index (χ3v) is 6.79. The van der Waals surface area contributed by atoms with Crippen molar-refractivity contribution in [2.45, 2.75) is 43.4 Å². The summed E-state index contributed by atoms with van der Waals surface area (Å²) in [5.41, 5.74) is 0.449. The molecule has 1 amide bonds. The van der Waals surface area contributed by atoms with Gasteiger partial charge in [-0.3, -0.25) is 14.6 Å². The van der Waals surface area contributed by atoms with E-state index in [9.17, 15) is 14.0 Å². The van der Waals surface area contributed by atoms with Crippen LogP contribution in [0.15, 0.2) is 52.4 Å².